The molecule has 0 saturated carbocycles. The molecule has 0 aliphatic rings. The summed E-state index contributed by atoms with van der Waals surface area (Å²) < 4.78 is 12.5. The van der Waals surface area contributed by atoms with Gasteiger partial charge in [-0.1, -0.05) is 54.1 Å². The van der Waals surface area contributed by atoms with Crippen molar-refractivity contribution in [3.63, 3.8) is 0 Å². The smallest absolute Gasteiger partial charge is 0.253 e. The van der Waals surface area contributed by atoms with Crippen molar-refractivity contribution in [2.75, 3.05) is 5.32 Å². The molecule has 5 nitrogen and oxygen atoms in total. The van der Waals surface area contributed by atoms with Gasteiger partial charge < -0.3 is 10.6 Å². The molecule has 0 bridgehead atoms. The van der Waals surface area contributed by atoms with Gasteiger partial charge in [0.1, 0.15) is 6.04 Å². The summed E-state index contributed by atoms with van der Waals surface area (Å²) in [5.74, 6) is -0.445. The molecule has 0 aromatic heterocycles. The molecule has 2 amide bonds. The van der Waals surface area contributed by atoms with Gasteiger partial charge in [-0.15, -0.1) is 0 Å². The summed E-state index contributed by atoms with van der Waals surface area (Å²) in [6, 6.07) is 22.3. The molecule has 30 heavy (non-hydrogen) atoms. The van der Waals surface area contributed by atoms with Crippen molar-refractivity contribution < 1.29 is 13.8 Å². The van der Waals surface area contributed by atoms with E-state index >= 15 is 0 Å². The van der Waals surface area contributed by atoms with Gasteiger partial charge in [0.2, 0.25) is 5.91 Å². The van der Waals surface area contributed by atoms with Gasteiger partial charge in [0.15, 0.2) is 0 Å². The number of benzene rings is 3. The molecule has 2 N–H and O–H groups in total. The molecule has 3 rings (SSSR count). The van der Waals surface area contributed by atoms with Crippen LogP contribution in [0.5, 0.6) is 0 Å². The standard InChI is InChI=1S/C23H21ClN2O3S/c1-16(25-23(28)20-12-5-6-13-21(20)24)22(27)26-18-9-7-8-17(14-18)15-30(29)19-10-3-2-4-11-19/h2-14,16H,15H2,1H3,(H,25,28)(H,26,27). The van der Waals surface area contributed by atoms with Gasteiger partial charge in [0.25, 0.3) is 5.91 Å². The second kappa shape index (κ2) is 10.2. The van der Waals surface area contributed by atoms with Crippen LogP contribution in [-0.2, 0) is 21.3 Å². The van der Waals surface area contributed by atoms with E-state index in [1.54, 1.807) is 49.4 Å². The van der Waals surface area contributed by atoms with Crippen molar-refractivity contribution in [3.05, 3.63) is 95.0 Å². The number of carbonyl (C=O) groups excluding carboxylic acids is 2. The van der Waals surface area contributed by atoms with E-state index in [-0.39, 0.29) is 5.91 Å². The second-order valence-electron chi connectivity index (χ2n) is 6.67. The van der Waals surface area contributed by atoms with Crippen LogP contribution in [0, 0.1) is 0 Å². The SMILES string of the molecule is CC(NC(=O)c1ccccc1Cl)C(=O)Nc1cccc(CS(=O)c2ccccc2)c1. The Morgan fingerprint density at radius 1 is 0.967 bits per heavy atom. The van der Waals surface area contributed by atoms with E-state index in [2.05, 4.69) is 10.6 Å². The Morgan fingerprint density at radius 3 is 2.40 bits per heavy atom. The second-order valence-corrected chi connectivity index (χ2v) is 8.53. The molecular weight excluding hydrogens is 420 g/mol. The third-order valence-corrected chi connectivity index (χ3v) is 6.08. The fraction of sp³-hybridized carbons (Fsp3) is 0.130. The molecule has 0 radical (unpaired) electrons. The fourth-order valence-corrected chi connectivity index (χ4v) is 4.11. The molecule has 0 fully saturated rings. The number of carbonyl (C=O) groups is 2. The van der Waals surface area contributed by atoms with Crippen LogP contribution in [0.15, 0.2) is 83.8 Å². The predicted octanol–water partition coefficient (Wildman–Crippen LogP) is 4.40. The van der Waals surface area contributed by atoms with E-state index in [9.17, 15) is 13.8 Å². The first-order chi connectivity index (χ1) is 14.4. The molecule has 0 spiro atoms. The lowest BCUT2D eigenvalue weighted by Gasteiger charge is -2.15. The Hall–Kier alpha value is -2.96. The number of rotatable bonds is 7. The molecular formula is C23H21ClN2O3S. The normalized spacial score (nSPS) is 12.6. The molecule has 0 aliphatic carbocycles. The summed E-state index contributed by atoms with van der Waals surface area (Å²) in [7, 11) is -1.18. The topological polar surface area (TPSA) is 75.3 Å². The maximum absolute atomic E-state index is 12.5. The molecule has 3 aromatic rings. The van der Waals surface area contributed by atoms with Crippen molar-refractivity contribution in [2.45, 2.75) is 23.6 Å². The van der Waals surface area contributed by atoms with Crippen molar-refractivity contribution in [2.24, 2.45) is 0 Å². The van der Waals surface area contributed by atoms with E-state index in [4.69, 9.17) is 11.6 Å². The first kappa shape index (κ1) is 21.7. The Morgan fingerprint density at radius 2 is 1.67 bits per heavy atom. The highest BCUT2D eigenvalue weighted by molar-refractivity contribution is 7.84. The van der Waals surface area contributed by atoms with Gasteiger partial charge in [-0.3, -0.25) is 13.8 Å². The average molecular weight is 441 g/mol. The van der Waals surface area contributed by atoms with E-state index in [0.29, 0.717) is 22.0 Å². The van der Waals surface area contributed by atoms with Crippen LogP contribution >= 0.6 is 11.6 Å². The monoisotopic (exact) mass is 440 g/mol. The molecule has 0 aliphatic heterocycles. The van der Waals surface area contributed by atoms with E-state index in [1.165, 1.54) is 0 Å². The zero-order valence-electron chi connectivity index (χ0n) is 16.3. The maximum Gasteiger partial charge on any atom is 0.253 e. The number of hydrogen-bond donors (Lipinski definition) is 2. The highest BCUT2D eigenvalue weighted by Crippen LogP contribution is 2.17. The minimum absolute atomic E-state index is 0.309. The lowest BCUT2D eigenvalue weighted by Crippen LogP contribution is -2.41. The summed E-state index contributed by atoms with van der Waals surface area (Å²) in [4.78, 5) is 25.6. The van der Waals surface area contributed by atoms with Crippen molar-refractivity contribution >= 4 is 39.9 Å². The van der Waals surface area contributed by atoms with E-state index in [0.717, 1.165) is 10.5 Å². The highest BCUT2D eigenvalue weighted by Gasteiger charge is 2.18. The van der Waals surface area contributed by atoms with Gasteiger partial charge in [-0.25, -0.2) is 0 Å². The van der Waals surface area contributed by atoms with Gasteiger partial charge in [-0.05, 0) is 48.9 Å². The number of hydrogen-bond acceptors (Lipinski definition) is 3. The summed E-state index contributed by atoms with van der Waals surface area (Å²) in [6.45, 7) is 1.60. The van der Waals surface area contributed by atoms with Crippen LogP contribution in [0.2, 0.25) is 5.02 Å². The van der Waals surface area contributed by atoms with Crippen molar-refractivity contribution in [3.8, 4) is 0 Å². The van der Waals surface area contributed by atoms with Crippen LogP contribution in [0.1, 0.15) is 22.8 Å². The molecule has 0 heterocycles. The molecule has 154 valence electrons. The van der Waals surface area contributed by atoms with Crippen LogP contribution in [0.3, 0.4) is 0 Å². The fourth-order valence-electron chi connectivity index (χ4n) is 2.78. The zero-order valence-corrected chi connectivity index (χ0v) is 17.9. The molecule has 0 saturated heterocycles. The van der Waals surface area contributed by atoms with Crippen molar-refractivity contribution in [1.82, 2.24) is 5.32 Å². The number of amides is 2. The van der Waals surface area contributed by atoms with Gasteiger partial charge >= 0.3 is 0 Å². The van der Waals surface area contributed by atoms with Gasteiger partial charge in [0, 0.05) is 10.6 Å². The molecule has 2 unspecified atom stereocenters. The first-order valence-corrected chi connectivity index (χ1v) is 11.0. The number of anilines is 1. The van der Waals surface area contributed by atoms with Crippen LogP contribution in [-0.4, -0.2) is 22.1 Å². The number of halogens is 1. The van der Waals surface area contributed by atoms with Crippen LogP contribution < -0.4 is 10.6 Å². The van der Waals surface area contributed by atoms with Crippen molar-refractivity contribution in [1.29, 1.82) is 0 Å². The largest absolute Gasteiger partial charge is 0.340 e. The Labute approximate surface area is 182 Å². The highest BCUT2D eigenvalue weighted by atomic mass is 35.5. The van der Waals surface area contributed by atoms with E-state index in [1.807, 2.05) is 36.4 Å². The zero-order chi connectivity index (χ0) is 21.5. The Kier molecular flexibility index (Phi) is 7.38. The first-order valence-electron chi connectivity index (χ1n) is 9.32. The summed E-state index contributed by atoms with van der Waals surface area (Å²) >= 11 is 6.03. The summed E-state index contributed by atoms with van der Waals surface area (Å²) in [5.41, 5.74) is 1.72. The third kappa shape index (κ3) is 5.78. The Bertz CT molecular complexity index is 1070. The van der Waals surface area contributed by atoms with E-state index < -0.39 is 22.7 Å². The third-order valence-electron chi connectivity index (χ3n) is 4.36. The average Bonchev–Trinajstić information content (AvgIpc) is 2.74. The lowest BCUT2D eigenvalue weighted by atomic mass is 10.2. The molecule has 7 heteroatoms. The Balaban J connectivity index is 1.61. The van der Waals surface area contributed by atoms with Gasteiger partial charge in [0.05, 0.1) is 27.1 Å². The van der Waals surface area contributed by atoms with Crippen LogP contribution in [0.25, 0.3) is 0 Å². The maximum atomic E-state index is 12.5. The number of nitrogens with one attached hydrogen (secondary N) is 2. The molecule has 2 atom stereocenters. The quantitative estimate of drug-likeness (QED) is 0.571. The minimum Gasteiger partial charge on any atom is -0.340 e. The predicted molar refractivity (Wildman–Crippen MR) is 120 cm³/mol. The molecule has 3 aromatic carbocycles. The lowest BCUT2D eigenvalue weighted by molar-refractivity contribution is -0.117. The summed E-state index contributed by atoms with van der Waals surface area (Å²) in [6.07, 6.45) is 0. The minimum atomic E-state index is -1.18. The summed E-state index contributed by atoms with van der Waals surface area (Å²) in [5, 5.41) is 5.74. The van der Waals surface area contributed by atoms with Gasteiger partial charge in [-0.2, -0.15) is 0 Å². The van der Waals surface area contributed by atoms with Crippen LogP contribution in [0.4, 0.5) is 5.69 Å².